The predicted molar refractivity (Wildman–Crippen MR) is 158 cm³/mol. The third-order valence-corrected chi connectivity index (χ3v) is 7.27. The van der Waals surface area contributed by atoms with E-state index in [0.717, 1.165) is 16.7 Å². The summed E-state index contributed by atoms with van der Waals surface area (Å²) < 4.78 is 5.99. The number of esters is 1. The molecule has 3 N–H and O–H groups in total. The molecule has 0 aromatic heterocycles. The van der Waals surface area contributed by atoms with Crippen molar-refractivity contribution in [2.45, 2.75) is 44.2 Å². The van der Waals surface area contributed by atoms with Crippen molar-refractivity contribution in [1.82, 2.24) is 10.6 Å². The molecule has 2 amide bonds. The average Bonchev–Trinajstić information content (AvgIpc) is 3.00. The van der Waals surface area contributed by atoms with Crippen LogP contribution < -0.4 is 10.6 Å². The van der Waals surface area contributed by atoms with Gasteiger partial charge < -0.3 is 20.5 Å². The van der Waals surface area contributed by atoms with Gasteiger partial charge in [0.05, 0.1) is 31.0 Å². The molecule has 4 atom stereocenters. The van der Waals surface area contributed by atoms with Crippen LogP contribution in [0.4, 0.5) is 0 Å². The summed E-state index contributed by atoms with van der Waals surface area (Å²) in [5, 5.41) is 15.6. The number of benzene rings is 3. The maximum Gasteiger partial charge on any atom is 0.310 e. The van der Waals surface area contributed by atoms with Crippen LogP contribution in [0.25, 0.3) is 0 Å². The van der Waals surface area contributed by atoms with Crippen LogP contribution in [0.3, 0.4) is 0 Å². The quantitative estimate of drug-likeness (QED) is 0.270. The predicted octanol–water partition coefficient (Wildman–Crippen LogP) is 4.32. The molecule has 0 spiro atoms. The van der Waals surface area contributed by atoms with Gasteiger partial charge in [0.15, 0.2) is 0 Å². The molecule has 1 heterocycles. The summed E-state index contributed by atoms with van der Waals surface area (Å²) in [5.41, 5.74) is 2.83. The highest BCUT2D eigenvalue weighted by Gasteiger charge is 2.28. The number of aliphatic hydroxyl groups excluding tert-OH is 1. The Morgan fingerprint density at radius 3 is 2.07 bits per heavy atom. The molecule has 0 bridgehead atoms. The minimum atomic E-state index is -0.659. The molecule has 4 rings (SSSR count). The van der Waals surface area contributed by atoms with Gasteiger partial charge in [0, 0.05) is 6.42 Å². The zero-order valence-corrected chi connectivity index (χ0v) is 23.2. The molecule has 0 radical (unpaired) electrons. The van der Waals surface area contributed by atoms with Gasteiger partial charge in [-0.3, -0.25) is 14.4 Å². The van der Waals surface area contributed by atoms with Crippen molar-refractivity contribution in [3.05, 3.63) is 120 Å². The third-order valence-electron chi connectivity index (χ3n) is 7.27. The number of allylic oxidation sites excluding steroid dienone is 2. The largest absolute Gasteiger partial charge is 0.455 e. The van der Waals surface area contributed by atoms with Gasteiger partial charge >= 0.3 is 5.97 Å². The third kappa shape index (κ3) is 9.43. The van der Waals surface area contributed by atoms with Crippen LogP contribution in [0.5, 0.6) is 0 Å². The van der Waals surface area contributed by atoms with E-state index in [1.807, 2.05) is 103 Å². The molecule has 0 aliphatic carbocycles. The summed E-state index contributed by atoms with van der Waals surface area (Å²) in [4.78, 5) is 39.6. The fourth-order valence-electron chi connectivity index (χ4n) is 5.01. The zero-order valence-electron chi connectivity index (χ0n) is 23.2. The molecule has 0 saturated carbocycles. The molecule has 1 aliphatic heterocycles. The lowest BCUT2D eigenvalue weighted by molar-refractivity contribution is -0.154. The highest BCUT2D eigenvalue weighted by atomic mass is 16.5. The smallest absolute Gasteiger partial charge is 0.310 e. The van der Waals surface area contributed by atoms with Crippen LogP contribution in [0.2, 0.25) is 0 Å². The maximum absolute atomic E-state index is 13.3. The van der Waals surface area contributed by atoms with E-state index >= 15 is 0 Å². The Hall–Kier alpha value is -4.23. The van der Waals surface area contributed by atoms with Crippen LogP contribution in [-0.4, -0.2) is 42.1 Å². The number of hydrogen-bond donors (Lipinski definition) is 3. The number of carbonyl (C=O) groups excluding carboxylic acids is 3. The molecule has 0 fully saturated rings. The molecule has 41 heavy (non-hydrogen) atoms. The lowest BCUT2D eigenvalue weighted by Crippen LogP contribution is -2.42. The first-order valence-electron chi connectivity index (χ1n) is 14.2. The van der Waals surface area contributed by atoms with Crippen LogP contribution >= 0.6 is 0 Å². The van der Waals surface area contributed by atoms with Crippen molar-refractivity contribution in [3.63, 3.8) is 0 Å². The number of cyclic esters (lactones) is 1. The van der Waals surface area contributed by atoms with Crippen molar-refractivity contribution < 1.29 is 24.2 Å². The van der Waals surface area contributed by atoms with Gasteiger partial charge in [0.1, 0.15) is 6.10 Å². The van der Waals surface area contributed by atoms with Crippen LogP contribution in [0, 0.1) is 11.8 Å². The molecule has 3 aromatic carbocycles. The van der Waals surface area contributed by atoms with E-state index < -0.39 is 18.1 Å². The highest BCUT2D eigenvalue weighted by Crippen LogP contribution is 2.24. The van der Waals surface area contributed by atoms with Gasteiger partial charge in [-0.25, -0.2) is 0 Å². The van der Waals surface area contributed by atoms with E-state index in [4.69, 9.17) is 4.74 Å². The van der Waals surface area contributed by atoms with Crippen molar-refractivity contribution in [2.24, 2.45) is 11.8 Å². The molecule has 7 nitrogen and oxygen atoms in total. The van der Waals surface area contributed by atoms with E-state index in [1.165, 1.54) is 0 Å². The number of ether oxygens (including phenoxy) is 1. The Bertz CT molecular complexity index is 1280. The molecule has 0 saturated heterocycles. The SMILES string of the molecule is O=C(C[C@H]1CC=CC[C@H](Cc2ccccc2)C(=O)O[C@@H](c2ccccc2)CNC1=O)N[C@@H](CO)Cc1ccccc1. The van der Waals surface area contributed by atoms with Crippen molar-refractivity contribution in [1.29, 1.82) is 0 Å². The highest BCUT2D eigenvalue weighted by molar-refractivity contribution is 5.86. The summed E-state index contributed by atoms with van der Waals surface area (Å²) in [6.07, 6.45) is 4.92. The molecule has 7 heteroatoms. The van der Waals surface area contributed by atoms with Crippen molar-refractivity contribution >= 4 is 17.8 Å². The maximum atomic E-state index is 13.3. The Morgan fingerprint density at radius 1 is 0.854 bits per heavy atom. The Kier molecular flexibility index (Phi) is 11.3. The molecule has 3 aromatic rings. The Labute approximate surface area is 241 Å². The molecule has 0 unspecified atom stereocenters. The first-order valence-corrected chi connectivity index (χ1v) is 14.2. The van der Waals surface area contributed by atoms with E-state index in [2.05, 4.69) is 10.6 Å². The van der Waals surface area contributed by atoms with Crippen molar-refractivity contribution in [2.75, 3.05) is 13.2 Å². The van der Waals surface area contributed by atoms with Crippen LogP contribution in [0.15, 0.2) is 103 Å². The lowest BCUT2D eigenvalue weighted by Gasteiger charge is -2.24. The van der Waals surface area contributed by atoms with E-state index in [9.17, 15) is 19.5 Å². The fraction of sp³-hybridized carbons (Fsp3) is 0.324. The summed E-state index contributed by atoms with van der Waals surface area (Å²) in [6.45, 7) is -0.105. The normalized spacial score (nSPS) is 20.6. The van der Waals surface area contributed by atoms with Gasteiger partial charge in [-0.15, -0.1) is 0 Å². The average molecular weight is 555 g/mol. The first-order chi connectivity index (χ1) is 20.0. The van der Waals surface area contributed by atoms with Gasteiger partial charge in [-0.2, -0.15) is 0 Å². The second-order valence-corrected chi connectivity index (χ2v) is 10.4. The number of aliphatic hydroxyl groups is 1. The van der Waals surface area contributed by atoms with E-state index in [0.29, 0.717) is 25.7 Å². The van der Waals surface area contributed by atoms with E-state index in [1.54, 1.807) is 0 Å². The van der Waals surface area contributed by atoms with Gasteiger partial charge in [0.25, 0.3) is 0 Å². The number of rotatable bonds is 9. The first kappa shape index (κ1) is 29.7. The Morgan fingerprint density at radius 2 is 1.44 bits per heavy atom. The summed E-state index contributed by atoms with van der Waals surface area (Å²) in [5.74, 6) is -1.89. The summed E-state index contributed by atoms with van der Waals surface area (Å²) >= 11 is 0. The second-order valence-electron chi connectivity index (χ2n) is 10.4. The summed E-state index contributed by atoms with van der Waals surface area (Å²) in [7, 11) is 0. The minimum Gasteiger partial charge on any atom is -0.455 e. The summed E-state index contributed by atoms with van der Waals surface area (Å²) in [6, 6.07) is 28.4. The molecule has 214 valence electrons. The molecular formula is C34H38N2O5. The van der Waals surface area contributed by atoms with Crippen molar-refractivity contribution in [3.8, 4) is 0 Å². The van der Waals surface area contributed by atoms with Gasteiger partial charge in [0.2, 0.25) is 11.8 Å². The zero-order chi connectivity index (χ0) is 28.9. The number of carbonyl (C=O) groups is 3. The van der Waals surface area contributed by atoms with Crippen LogP contribution in [-0.2, 0) is 32.0 Å². The standard InChI is InChI=1S/C34H38N2O5/c37-24-30(21-26-14-6-2-7-15-26)36-32(38)22-28-18-10-11-19-29(20-25-12-4-1-5-13-25)34(40)41-31(23-35-33(28)39)27-16-8-3-9-17-27/h1-17,28-31,37H,18-24H2,(H,35,39)(H,36,38)/t28-,29-,30-,31-/m1/s1. The topological polar surface area (TPSA) is 105 Å². The van der Waals surface area contributed by atoms with Gasteiger partial charge in [-0.1, -0.05) is 103 Å². The lowest BCUT2D eigenvalue weighted by atomic mass is 9.94. The number of hydrogen-bond acceptors (Lipinski definition) is 5. The number of amides is 2. The minimum absolute atomic E-state index is 0.0231. The molecular weight excluding hydrogens is 516 g/mol. The second kappa shape index (κ2) is 15.5. The fourth-order valence-corrected chi connectivity index (χ4v) is 5.01. The van der Waals surface area contributed by atoms with Gasteiger partial charge in [-0.05, 0) is 42.4 Å². The number of nitrogens with one attached hydrogen (secondary N) is 2. The Balaban J connectivity index is 1.48. The monoisotopic (exact) mass is 554 g/mol. The van der Waals surface area contributed by atoms with E-state index in [-0.39, 0.29) is 43.3 Å². The molecule has 1 aliphatic rings. The van der Waals surface area contributed by atoms with Crippen LogP contribution in [0.1, 0.15) is 42.1 Å².